The molecule has 0 radical (unpaired) electrons. The number of benzene rings is 1. The van der Waals surface area contributed by atoms with E-state index in [9.17, 15) is 18.7 Å². The van der Waals surface area contributed by atoms with Crippen molar-refractivity contribution in [2.75, 3.05) is 28.2 Å². The zero-order chi connectivity index (χ0) is 20.4. The van der Waals surface area contributed by atoms with Crippen LogP contribution >= 0.6 is 0 Å². The minimum atomic E-state index is -1.12. The Morgan fingerprint density at radius 2 is 2.11 bits per heavy atom. The summed E-state index contributed by atoms with van der Waals surface area (Å²) in [4.78, 5) is 24.3. The molecule has 1 aromatic heterocycles. The second-order valence-corrected chi connectivity index (χ2v) is 6.06. The summed E-state index contributed by atoms with van der Waals surface area (Å²) in [6, 6.07) is 1.30. The van der Waals surface area contributed by atoms with Gasteiger partial charge in [-0.05, 0) is 6.92 Å². The number of carbonyl (C=O) groups excluding carboxylic acids is 1. The van der Waals surface area contributed by atoms with Crippen molar-refractivity contribution in [2.45, 2.75) is 13.0 Å². The van der Waals surface area contributed by atoms with Gasteiger partial charge in [0.1, 0.15) is 11.7 Å². The molecule has 0 bridgehead atoms. The normalized spacial score (nSPS) is 15.8. The third-order valence-electron chi connectivity index (χ3n) is 4.25. The summed E-state index contributed by atoms with van der Waals surface area (Å²) >= 11 is 0. The van der Waals surface area contributed by atoms with Crippen LogP contribution in [-0.2, 0) is 4.79 Å². The molecule has 9 heteroatoms. The molecule has 28 heavy (non-hydrogen) atoms. The molecule has 0 spiro atoms. The average molecular weight is 385 g/mol. The average Bonchev–Trinajstić information content (AvgIpc) is 2.66. The van der Waals surface area contributed by atoms with Gasteiger partial charge in [-0.2, -0.15) is 4.98 Å². The molecule has 0 fully saturated rings. The Kier molecular flexibility index (Phi) is 5.13. The Bertz CT molecular complexity index is 966. The maximum absolute atomic E-state index is 13.6. The standard InChI is InChI=1S/C19H17F2N5O2/c1-4-6-25-11(3)18(28)26(7-5-2)15-10-22-19(24-17(15)25)23-12-8-13(20)16(27)14(21)9-12/h2,4,8-11,27H,1,6-7H2,3H3,(H,22,23,24)/t11-/m1/s1. The van der Waals surface area contributed by atoms with E-state index in [4.69, 9.17) is 6.42 Å². The number of anilines is 4. The number of terminal acetylenes is 1. The van der Waals surface area contributed by atoms with Crippen LogP contribution in [-0.4, -0.2) is 40.1 Å². The van der Waals surface area contributed by atoms with E-state index in [1.165, 1.54) is 11.1 Å². The Balaban J connectivity index is 2.03. The monoisotopic (exact) mass is 385 g/mol. The molecule has 0 unspecified atom stereocenters. The van der Waals surface area contributed by atoms with E-state index >= 15 is 0 Å². The lowest BCUT2D eigenvalue weighted by molar-refractivity contribution is -0.119. The molecule has 2 N–H and O–H groups in total. The first-order chi connectivity index (χ1) is 13.4. The van der Waals surface area contributed by atoms with Crippen LogP contribution in [0.5, 0.6) is 5.75 Å². The maximum atomic E-state index is 13.6. The van der Waals surface area contributed by atoms with Gasteiger partial charge < -0.3 is 15.3 Å². The number of hydrogen-bond acceptors (Lipinski definition) is 6. The molecule has 1 amide bonds. The summed E-state index contributed by atoms with van der Waals surface area (Å²) in [6.45, 7) is 5.82. The third-order valence-corrected chi connectivity index (χ3v) is 4.25. The second-order valence-electron chi connectivity index (χ2n) is 6.06. The van der Waals surface area contributed by atoms with Crippen molar-refractivity contribution in [2.24, 2.45) is 0 Å². The number of halogens is 2. The highest BCUT2D eigenvalue weighted by atomic mass is 19.1. The summed E-state index contributed by atoms with van der Waals surface area (Å²) in [7, 11) is 0. The minimum Gasteiger partial charge on any atom is -0.503 e. The summed E-state index contributed by atoms with van der Waals surface area (Å²) in [6.07, 6.45) is 8.41. The number of aromatic nitrogens is 2. The molecule has 1 aliphatic heterocycles. The maximum Gasteiger partial charge on any atom is 0.250 e. The molecule has 2 aromatic rings. The number of carbonyl (C=O) groups is 1. The molecule has 144 valence electrons. The second kappa shape index (κ2) is 7.52. The van der Waals surface area contributed by atoms with Gasteiger partial charge >= 0.3 is 0 Å². The van der Waals surface area contributed by atoms with Gasteiger partial charge in [-0.15, -0.1) is 13.0 Å². The van der Waals surface area contributed by atoms with Gasteiger partial charge in [-0.25, -0.2) is 13.8 Å². The molecular formula is C19H17F2N5O2. The minimum absolute atomic E-state index is 0.0171. The lowest BCUT2D eigenvalue weighted by Crippen LogP contribution is -2.52. The van der Waals surface area contributed by atoms with Gasteiger partial charge in [0.15, 0.2) is 23.2 Å². The van der Waals surface area contributed by atoms with Crippen molar-refractivity contribution >= 4 is 29.0 Å². The smallest absolute Gasteiger partial charge is 0.250 e. The highest BCUT2D eigenvalue weighted by molar-refractivity contribution is 6.04. The van der Waals surface area contributed by atoms with Crippen LogP contribution in [0.1, 0.15) is 6.92 Å². The Labute approximate surface area is 160 Å². The fourth-order valence-electron chi connectivity index (χ4n) is 2.89. The van der Waals surface area contributed by atoms with E-state index < -0.39 is 23.4 Å². The van der Waals surface area contributed by atoms with Crippen LogP contribution < -0.4 is 15.1 Å². The third kappa shape index (κ3) is 3.32. The van der Waals surface area contributed by atoms with Crippen LogP contribution in [0.2, 0.25) is 0 Å². The van der Waals surface area contributed by atoms with Crippen LogP contribution in [0.25, 0.3) is 0 Å². The SMILES string of the molecule is C#CCN1C(=O)[C@@H](C)N(CC=C)c2nc(Nc3cc(F)c(O)c(F)c3)ncc21. The number of fused-ring (bicyclic) bond motifs is 1. The Hall–Kier alpha value is -3.67. The van der Waals surface area contributed by atoms with Crippen molar-refractivity contribution in [3.63, 3.8) is 0 Å². The Morgan fingerprint density at radius 1 is 1.43 bits per heavy atom. The van der Waals surface area contributed by atoms with Crippen LogP contribution in [0, 0.1) is 24.0 Å². The fraction of sp³-hybridized carbons (Fsp3) is 0.211. The topological polar surface area (TPSA) is 81.6 Å². The molecular weight excluding hydrogens is 368 g/mol. The highest BCUT2D eigenvalue weighted by Gasteiger charge is 2.36. The first-order valence-corrected chi connectivity index (χ1v) is 8.31. The van der Waals surface area contributed by atoms with Gasteiger partial charge in [0, 0.05) is 24.4 Å². The van der Waals surface area contributed by atoms with Crippen molar-refractivity contribution in [3.05, 3.63) is 42.6 Å². The van der Waals surface area contributed by atoms with E-state index in [2.05, 4.69) is 27.8 Å². The van der Waals surface area contributed by atoms with Gasteiger partial charge in [-0.3, -0.25) is 9.69 Å². The molecule has 3 rings (SSSR count). The number of rotatable bonds is 5. The van der Waals surface area contributed by atoms with Crippen molar-refractivity contribution < 1.29 is 18.7 Å². The van der Waals surface area contributed by atoms with E-state index in [-0.39, 0.29) is 24.1 Å². The molecule has 0 aliphatic carbocycles. The van der Waals surface area contributed by atoms with E-state index in [1.54, 1.807) is 17.9 Å². The molecule has 1 atom stereocenters. The number of phenolic OH excluding ortho intramolecular Hbond substituents is 1. The zero-order valence-electron chi connectivity index (χ0n) is 15.0. The lowest BCUT2D eigenvalue weighted by Gasteiger charge is -2.39. The van der Waals surface area contributed by atoms with Crippen molar-refractivity contribution in [1.82, 2.24) is 9.97 Å². The number of nitrogens with zero attached hydrogens (tertiary/aromatic N) is 4. The van der Waals surface area contributed by atoms with Crippen molar-refractivity contribution in [3.8, 4) is 18.1 Å². The van der Waals surface area contributed by atoms with Gasteiger partial charge in [0.05, 0.1) is 12.7 Å². The summed E-state index contributed by atoms with van der Waals surface area (Å²) in [5.74, 6) is -0.572. The fourth-order valence-corrected chi connectivity index (χ4v) is 2.89. The van der Waals surface area contributed by atoms with E-state index in [0.29, 0.717) is 18.1 Å². The highest BCUT2D eigenvalue weighted by Crippen LogP contribution is 2.35. The lowest BCUT2D eigenvalue weighted by atomic mass is 10.1. The van der Waals surface area contributed by atoms with Gasteiger partial charge in [0.2, 0.25) is 11.9 Å². The predicted octanol–water partition coefficient (Wildman–Crippen LogP) is 2.56. The summed E-state index contributed by atoms with van der Waals surface area (Å²) < 4.78 is 27.1. The number of aromatic hydroxyl groups is 1. The molecule has 7 nitrogen and oxygen atoms in total. The number of nitrogens with one attached hydrogen (secondary N) is 1. The van der Waals surface area contributed by atoms with Crippen LogP contribution in [0.3, 0.4) is 0 Å². The largest absolute Gasteiger partial charge is 0.503 e. The number of amides is 1. The van der Waals surface area contributed by atoms with Crippen LogP contribution in [0.15, 0.2) is 31.0 Å². The molecule has 0 saturated heterocycles. The summed E-state index contributed by atoms with van der Waals surface area (Å²) in [5, 5.41) is 11.9. The number of hydrogen-bond donors (Lipinski definition) is 2. The molecule has 0 saturated carbocycles. The molecule has 2 heterocycles. The quantitative estimate of drug-likeness (QED) is 0.468. The van der Waals surface area contributed by atoms with Gasteiger partial charge in [-0.1, -0.05) is 12.0 Å². The first-order valence-electron chi connectivity index (χ1n) is 8.31. The Morgan fingerprint density at radius 3 is 2.71 bits per heavy atom. The van der Waals surface area contributed by atoms with Gasteiger partial charge in [0.25, 0.3) is 0 Å². The number of phenols is 1. The summed E-state index contributed by atoms with van der Waals surface area (Å²) in [5.41, 5.74) is 0.444. The van der Waals surface area contributed by atoms with Crippen molar-refractivity contribution in [1.29, 1.82) is 0 Å². The van der Waals surface area contributed by atoms with E-state index in [0.717, 1.165) is 12.1 Å². The first kappa shape index (κ1) is 19.1. The van der Waals surface area contributed by atoms with Crippen LogP contribution in [0.4, 0.5) is 31.9 Å². The zero-order valence-corrected chi connectivity index (χ0v) is 15.0. The predicted molar refractivity (Wildman–Crippen MR) is 102 cm³/mol. The van der Waals surface area contributed by atoms with E-state index in [1.807, 2.05) is 0 Å². The molecule has 1 aliphatic rings. The molecule has 1 aromatic carbocycles.